The van der Waals surface area contributed by atoms with E-state index in [1.54, 1.807) is 0 Å². The maximum atomic E-state index is 12.8. The van der Waals surface area contributed by atoms with Gasteiger partial charge in [0.1, 0.15) is 37.7 Å². The molecule has 0 saturated heterocycles. The smallest absolute Gasteiger partial charge is 0.187 e. The van der Waals surface area contributed by atoms with Crippen molar-refractivity contribution < 1.29 is 28.1 Å². The lowest BCUT2D eigenvalue weighted by Gasteiger charge is -2.35. The largest absolute Gasteiger partial charge is 0.318 e. The van der Waals surface area contributed by atoms with Gasteiger partial charge in [0.15, 0.2) is 11.6 Å². The number of Topliss-reactive ketones (excluding diaryl/α,β-unsaturated/α-hetero) is 4. The van der Waals surface area contributed by atoms with Gasteiger partial charge in [0.05, 0.1) is 28.2 Å². The third-order valence-corrected chi connectivity index (χ3v) is 7.72. The van der Waals surface area contributed by atoms with Crippen LogP contribution >= 0.6 is 0 Å². The van der Waals surface area contributed by atoms with E-state index >= 15 is 0 Å². The number of carbonyl (C=O) groups is 4. The predicted molar refractivity (Wildman–Crippen MR) is 167 cm³/mol. The molecule has 6 heteroatoms. The predicted octanol–water partition coefficient (Wildman–Crippen LogP) is 6.39. The van der Waals surface area contributed by atoms with Crippen molar-refractivity contribution >= 4 is 23.1 Å². The zero-order chi connectivity index (χ0) is 31.3. The van der Waals surface area contributed by atoms with Crippen molar-refractivity contribution in [2.24, 2.45) is 35.5 Å². The van der Waals surface area contributed by atoms with Crippen LogP contribution in [0.5, 0.6) is 0 Å². The first-order chi connectivity index (χ1) is 18.2. The summed E-state index contributed by atoms with van der Waals surface area (Å²) in [6.45, 7) is 19.5. The van der Waals surface area contributed by atoms with Gasteiger partial charge in [-0.05, 0) is 48.3 Å². The molecule has 0 aliphatic rings. The average molecular weight is 567 g/mol. The standard InChI is InChI=1S/C34H66N2O4/c1-25(2)15-27(5)17-31(37)19-29(7)21-33(39)23-35(9,10)13-14-36(11,12)24-34(40)22-30(8)20-32(38)18-28(6)16-26(3)4/h25-30H,13-24H2,1-12H3/q+2. The second kappa shape index (κ2) is 18.2. The highest BCUT2D eigenvalue weighted by molar-refractivity contribution is 5.83. The van der Waals surface area contributed by atoms with E-state index in [0.717, 1.165) is 25.9 Å². The summed E-state index contributed by atoms with van der Waals surface area (Å²) in [7, 11) is 8.27. The minimum atomic E-state index is 0.0726. The van der Waals surface area contributed by atoms with Crippen molar-refractivity contribution in [3.8, 4) is 0 Å². The Balaban J connectivity index is 4.55. The summed E-state index contributed by atoms with van der Waals surface area (Å²) >= 11 is 0. The molecule has 0 spiro atoms. The molecule has 0 aliphatic carbocycles. The summed E-state index contributed by atoms with van der Waals surface area (Å²) in [5.41, 5.74) is 0. The number of ketones is 4. The van der Waals surface area contributed by atoms with Gasteiger partial charge in [-0.2, -0.15) is 0 Å². The number of hydrogen-bond donors (Lipinski definition) is 0. The van der Waals surface area contributed by atoms with Crippen LogP contribution in [0.25, 0.3) is 0 Å². The fraction of sp³-hybridized carbons (Fsp3) is 0.882. The summed E-state index contributed by atoms with van der Waals surface area (Å²) in [6.07, 6.45) is 5.17. The molecule has 0 radical (unpaired) electrons. The lowest BCUT2D eigenvalue weighted by Crippen LogP contribution is -2.54. The van der Waals surface area contributed by atoms with Crippen LogP contribution in [0.1, 0.15) is 107 Å². The Labute approximate surface area is 247 Å². The Kier molecular flexibility index (Phi) is 17.6. The molecule has 0 fully saturated rings. The molecule has 0 rings (SSSR count). The Bertz CT molecular complexity index is 734. The molecule has 0 amide bonds. The Morgan fingerprint density at radius 2 is 0.675 bits per heavy atom. The fourth-order valence-corrected chi connectivity index (χ4v) is 6.20. The molecule has 4 unspecified atom stereocenters. The topological polar surface area (TPSA) is 68.3 Å². The van der Waals surface area contributed by atoms with Crippen LogP contribution < -0.4 is 0 Å². The van der Waals surface area contributed by atoms with E-state index in [0.29, 0.717) is 84.3 Å². The summed E-state index contributed by atoms with van der Waals surface area (Å²) in [4.78, 5) is 50.6. The van der Waals surface area contributed by atoms with Crippen LogP contribution in [0.3, 0.4) is 0 Å². The van der Waals surface area contributed by atoms with Crippen LogP contribution in [0.2, 0.25) is 0 Å². The van der Waals surface area contributed by atoms with E-state index in [1.807, 2.05) is 13.8 Å². The van der Waals surface area contributed by atoms with Crippen LogP contribution in [-0.2, 0) is 19.2 Å². The second-order valence-electron chi connectivity index (χ2n) is 15.7. The summed E-state index contributed by atoms with van der Waals surface area (Å²) in [6, 6.07) is 0. The maximum Gasteiger partial charge on any atom is 0.187 e. The van der Waals surface area contributed by atoms with Crippen molar-refractivity contribution in [3.05, 3.63) is 0 Å². The normalized spacial score (nSPS) is 15.7. The van der Waals surface area contributed by atoms with Crippen LogP contribution in [0.4, 0.5) is 0 Å². The van der Waals surface area contributed by atoms with E-state index < -0.39 is 0 Å². The maximum absolute atomic E-state index is 12.8. The molecule has 0 aromatic heterocycles. The molecular formula is C34H66N2O4+2. The van der Waals surface area contributed by atoms with E-state index in [1.165, 1.54) is 0 Å². The van der Waals surface area contributed by atoms with Crippen molar-refractivity contribution in [1.29, 1.82) is 0 Å². The van der Waals surface area contributed by atoms with E-state index in [-0.39, 0.29) is 35.0 Å². The van der Waals surface area contributed by atoms with Crippen LogP contribution in [-0.4, -0.2) is 86.5 Å². The molecule has 0 bridgehead atoms. The quantitative estimate of drug-likeness (QED) is 0.134. The highest BCUT2D eigenvalue weighted by Gasteiger charge is 2.28. The van der Waals surface area contributed by atoms with Gasteiger partial charge in [0.2, 0.25) is 0 Å². The van der Waals surface area contributed by atoms with Gasteiger partial charge in [0.25, 0.3) is 0 Å². The van der Waals surface area contributed by atoms with Gasteiger partial charge in [0, 0.05) is 38.5 Å². The zero-order valence-electron chi connectivity index (χ0n) is 28.5. The molecule has 0 aliphatic heterocycles. The Hall–Kier alpha value is -1.40. The van der Waals surface area contributed by atoms with Crippen molar-refractivity contribution in [1.82, 2.24) is 0 Å². The summed E-state index contributed by atoms with van der Waals surface area (Å²) in [5.74, 6) is 3.06. The molecule has 40 heavy (non-hydrogen) atoms. The van der Waals surface area contributed by atoms with Gasteiger partial charge >= 0.3 is 0 Å². The average Bonchev–Trinajstić information content (AvgIpc) is 2.69. The van der Waals surface area contributed by atoms with Gasteiger partial charge in [-0.15, -0.1) is 0 Å². The summed E-state index contributed by atoms with van der Waals surface area (Å²) in [5, 5.41) is 0. The molecule has 0 aromatic rings. The number of carbonyl (C=O) groups excluding carboxylic acids is 4. The minimum Gasteiger partial charge on any atom is -0.318 e. The van der Waals surface area contributed by atoms with Crippen molar-refractivity contribution in [2.45, 2.75) is 107 Å². The third-order valence-electron chi connectivity index (χ3n) is 7.72. The third kappa shape index (κ3) is 20.5. The van der Waals surface area contributed by atoms with Gasteiger partial charge < -0.3 is 8.97 Å². The molecule has 0 heterocycles. The minimum absolute atomic E-state index is 0.0726. The SMILES string of the molecule is CC(C)CC(C)CC(=O)CC(C)CC(=O)C[N+](C)(C)CC[N+](C)(C)CC(=O)CC(C)CC(=O)CC(C)CC(C)C. The molecule has 6 nitrogen and oxygen atoms in total. The number of likely N-dealkylation sites (N-methyl/N-ethyl adjacent to an activating group) is 2. The number of nitrogens with zero attached hydrogens (tertiary/aromatic N) is 2. The zero-order valence-corrected chi connectivity index (χ0v) is 28.5. The first kappa shape index (κ1) is 38.6. The van der Waals surface area contributed by atoms with E-state index in [4.69, 9.17) is 0 Å². The highest BCUT2D eigenvalue weighted by Crippen LogP contribution is 2.20. The first-order valence-electron chi connectivity index (χ1n) is 15.9. The van der Waals surface area contributed by atoms with Gasteiger partial charge in [-0.1, -0.05) is 55.4 Å². The van der Waals surface area contributed by atoms with Crippen LogP contribution in [0, 0.1) is 35.5 Å². The molecule has 234 valence electrons. The van der Waals surface area contributed by atoms with Crippen LogP contribution in [0.15, 0.2) is 0 Å². The Morgan fingerprint density at radius 3 is 0.950 bits per heavy atom. The highest BCUT2D eigenvalue weighted by atomic mass is 16.1. The Morgan fingerprint density at radius 1 is 0.425 bits per heavy atom. The first-order valence-corrected chi connectivity index (χ1v) is 15.9. The molecule has 4 atom stereocenters. The van der Waals surface area contributed by atoms with Crippen molar-refractivity contribution in [2.75, 3.05) is 54.4 Å². The van der Waals surface area contributed by atoms with Crippen molar-refractivity contribution in [3.63, 3.8) is 0 Å². The second-order valence-corrected chi connectivity index (χ2v) is 15.7. The lowest BCUT2D eigenvalue weighted by molar-refractivity contribution is -0.938. The lowest BCUT2D eigenvalue weighted by atomic mass is 9.90. The molecular weight excluding hydrogens is 500 g/mol. The molecule has 0 saturated carbocycles. The number of hydrogen-bond acceptors (Lipinski definition) is 4. The molecule has 0 N–H and O–H groups in total. The number of rotatable bonds is 23. The van der Waals surface area contributed by atoms with Gasteiger partial charge in [-0.3, -0.25) is 19.2 Å². The van der Waals surface area contributed by atoms with E-state index in [9.17, 15) is 19.2 Å². The monoisotopic (exact) mass is 567 g/mol. The van der Waals surface area contributed by atoms with Gasteiger partial charge in [-0.25, -0.2) is 0 Å². The van der Waals surface area contributed by atoms with E-state index in [2.05, 4.69) is 69.7 Å². The molecule has 0 aromatic carbocycles. The fourth-order valence-electron chi connectivity index (χ4n) is 6.20. The summed E-state index contributed by atoms with van der Waals surface area (Å²) < 4.78 is 1.14. The number of quaternary nitrogens is 2.